The molecule has 4 N–H and O–H groups in total. The van der Waals surface area contributed by atoms with E-state index in [1.165, 1.54) is 23.1 Å². The van der Waals surface area contributed by atoms with Crippen LogP contribution < -0.4 is 4.90 Å². The second kappa shape index (κ2) is 11.7. The maximum absolute atomic E-state index is 14.8. The average Bonchev–Trinajstić information content (AvgIpc) is 3.44. The van der Waals surface area contributed by atoms with Crippen molar-refractivity contribution in [3.8, 4) is 22.6 Å². The highest BCUT2D eigenvalue weighted by atomic mass is 31.2. The fourth-order valence-electron chi connectivity index (χ4n) is 3.27. The number of alkyl halides is 2. The number of carbonyl (C=O) groups is 1. The van der Waals surface area contributed by atoms with Crippen LogP contribution in [0, 0.1) is 5.82 Å². The van der Waals surface area contributed by atoms with E-state index in [-0.39, 0.29) is 17.8 Å². The summed E-state index contributed by atoms with van der Waals surface area (Å²) < 4.78 is 53.8. The lowest BCUT2D eigenvalue weighted by Crippen LogP contribution is -2.36. The van der Waals surface area contributed by atoms with Crippen LogP contribution in [0.1, 0.15) is 13.3 Å². The molecule has 2 unspecified atom stereocenters. The lowest BCUT2D eigenvalue weighted by molar-refractivity contribution is -0.0641. The van der Waals surface area contributed by atoms with Crippen molar-refractivity contribution in [3.05, 3.63) is 42.3 Å². The monoisotopic (exact) mass is 546 g/mol. The molecule has 1 aliphatic heterocycles. The number of pyridine rings is 1. The number of halogens is 3. The number of cyclic esters (lactones) is 1. The molecule has 1 aliphatic rings. The van der Waals surface area contributed by atoms with Crippen molar-refractivity contribution < 1.29 is 47.1 Å². The topological polar surface area (TPSA) is 184 Å². The number of rotatable bonds is 7. The number of benzene rings is 1. The number of aromatic nitrogens is 5. The highest BCUT2D eigenvalue weighted by molar-refractivity contribution is 7.45. The molecule has 2 aromatic heterocycles. The summed E-state index contributed by atoms with van der Waals surface area (Å²) in [6.07, 6.45) is -5.18. The average molecular weight is 546 g/mol. The number of aliphatic hydroxyl groups is 1. The van der Waals surface area contributed by atoms with E-state index in [4.69, 9.17) is 24.0 Å². The molecular formula is C20H22F3N6O7P. The zero-order valence-electron chi connectivity index (χ0n) is 19.1. The van der Waals surface area contributed by atoms with Crippen LogP contribution in [0.15, 0.2) is 36.5 Å². The van der Waals surface area contributed by atoms with Crippen molar-refractivity contribution in [1.82, 2.24) is 25.2 Å². The third-order valence-electron chi connectivity index (χ3n) is 4.92. The predicted molar refractivity (Wildman–Crippen MR) is 121 cm³/mol. The second-order valence-electron chi connectivity index (χ2n) is 7.68. The zero-order chi connectivity index (χ0) is 27.3. The Labute approximate surface area is 207 Å². The first-order chi connectivity index (χ1) is 17.4. The zero-order valence-corrected chi connectivity index (χ0v) is 20.0. The number of aliphatic hydroxyl groups excluding tert-OH is 1. The molecule has 13 nitrogen and oxygen atoms in total. The molecule has 1 fully saturated rings. The van der Waals surface area contributed by atoms with E-state index in [1.807, 2.05) is 6.92 Å². The summed E-state index contributed by atoms with van der Waals surface area (Å²) in [5.74, 6) is -0.288. The first-order valence-electron chi connectivity index (χ1n) is 10.6. The van der Waals surface area contributed by atoms with Gasteiger partial charge in [0.25, 0.3) is 6.43 Å². The van der Waals surface area contributed by atoms with E-state index in [9.17, 15) is 23.1 Å². The van der Waals surface area contributed by atoms with Crippen molar-refractivity contribution in [2.45, 2.75) is 38.5 Å². The van der Waals surface area contributed by atoms with Gasteiger partial charge in [0.15, 0.2) is 12.2 Å². The van der Waals surface area contributed by atoms with Crippen LogP contribution in [0.3, 0.4) is 0 Å². The maximum Gasteiger partial charge on any atom is 0.466 e. The summed E-state index contributed by atoms with van der Waals surface area (Å²) in [6, 6.07) is 7.30. The Hall–Kier alpha value is -3.43. The van der Waals surface area contributed by atoms with Crippen LogP contribution in [0.25, 0.3) is 22.6 Å². The van der Waals surface area contributed by atoms with Gasteiger partial charge in [0.2, 0.25) is 5.82 Å². The van der Waals surface area contributed by atoms with Gasteiger partial charge in [-0.05, 0) is 35.9 Å². The number of phosphoric acid groups is 1. The molecule has 200 valence electrons. The molecule has 1 amide bonds. The highest BCUT2D eigenvalue weighted by Crippen LogP contribution is 2.30. The van der Waals surface area contributed by atoms with Crippen LogP contribution in [-0.2, 0) is 15.8 Å². The number of tetrazole rings is 1. The summed E-state index contributed by atoms with van der Waals surface area (Å²) in [7, 11) is -4.64. The summed E-state index contributed by atoms with van der Waals surface area (Å²) in [5.41, 5.74) is 1.32. The Balaban J connectivity index is 0.000000695. The Bertz CT molecular complexity index is 1270. The van der Waals surface area contributed by atoms with Gasteiger partial charge in [-0.3, -0.25) is 9.88 Å². The van der Waals surface area contributed by atoms with E-state index in [0.29, 0.717) is 23.6 Å². The minimum atomic E-state index is -4.64. The van der Waals surface area contributed by atoms with Gasteiger partial charge in [-0.15, -0.1) is 10.2 Å². The number of hydrogen-bond acceptors (Lipinski definition) is 8. The molecule has 0 spiro atoms. The van der Waals surface area contributed by atoms with Crippen molar-refractivity contribution in [1.29, 1.82) is 0 Å². The van der Waals surface area contributed by atoms with E-state index in [2.05, 4.69) is 20.4 Å². The predicted octanol–water partition coefficient (Wildman–Crippen LogP) is 1.97. The summed E-state index contributed by atoms with van der Waals surface area (Å²) in [5, 5.41) is 21.5. The molecule has 17 heteroatoms. The Kier molecular flexibility index (Phi) is 8.94. The molecule has 0 aliphatic carbocycles. The van der Waals surface area contributed by atoms with Gasteiger partial charge in [0, 0.05) is 17.3 Å². The molecule has 0 radical (unpaired) electrons. The van der Waals surface area contributed by atoms with E-state index >= 15 is 0 Å². The van der Waals surface area contributed by atoms with Crippen LogP contribution in [0.5, 0.6) is 0 Å². The van der Waals surface area contributed by atoms with Crippen molar-refractivity contribution in [2.75, 3.05) is 11.4 Å². The van der Waals surface area contributed by atoms with Gasteiger partial charge < -0.3 is 24.5 Å². The van der Waals surface area contributed by atoms with Crippen molar-refractivity contribution >= 4 is 19.6 Å². The standard InChI is InChI=1S/C20H19F3N6O3.H3O4P/c1-2-7-29-26-19(25-27-29)15-6-3-11(9-24-15)13-5-4-12(8-14(13)21)28-10-16(32-20(28)31)17(30)18(22)23;1-5(2,3)4/h3-6,8-9,16-18,30H,2,7,10H2,1H3;(H3,1,2,3,4). The third-order valence-corrected chi connectivity index (χ3v) is 4.92. The van der Waals surface area contributed by atoms with Crippen LogP contribution in [-0.4, -0.2) is 76.2 Å². The van der Waals surface area contributed by atoms with E-state index < -0.39 is 38.4 Å². The van der Waals surface area contributed by atoms with Crippen LogP contribution in [0.2, 0.25) is 0 Å². The third kappa shape index (κ3) is 7.53. The Morgan fingerprint density at radius 2 is 1.92 bits per heavy atom. The first-order valence-corrected chi connectivity index (χ1v) is 12.2. The smallest absolute Gasteiger partial charge is 0.441 e. The summed E-state index contributed by atoms with van der Waals surface area (Å²) in [6.45, 7) is 2.31. The van der Waals surface area contributed by atoms with E-state index in [1.54, 1.807) is 12.1 Å². The molecule has 2 atom stereocenters. The Morgan fingerprint density at radius 1 is 1.22 bits per heavy atom. The fraction of sp³-hybridized carbons (Fsp3) is 0.350. The minimum absolute atomic E-state index is 0.126. The molecular weight excluding hydrogens is 524 g/mol. The normalized spacial score (nSPS) is 16.4. The van der Waals surface area contributed by atoms with Gasteiger partial charge in [0.1, 0.15) is 11.5 Å². The number of hydrogen-bond donors (Lipinski definition) is 4. The molecule has 1 aromatic carbocycles. The first kappa shape index (κ1) is 28.1. The molecule has 1 saturated heterocycles. The number of carbonyl (C=O) groups excluding carboxylic acids is 1. The quantitative estimate of drug-likeness (QED) is 0.318. The van der Waals surface area contributed by atoms with Gasteiger partial charge in [-0.1, -0.05) is 13.0 Å². The van der Waals surface area contributed by atoms with Gasteiger partial charge in [-0.2, -0.15) is 4.80 Å². The number of aryl methyl sites for hydroxylation is 1. The van der Waals surface area contributed by atoms with Gasteiger partial charge in [0.05, 0.1) is 18.8 Å². The van der Waals surface area contributed by atoms with Crippen LogP contribution >= 0.6 is 7.82 Å². The minimum Gasteiger partial charge on any atom is -0.441 e. The lowest BCUT2D eigenvalue weighted by Gasteiger charge is -2.16. The molecule has 0 saturated carbocycles. The number of ether oxygens (including phenoxy) is 1. The molecule has 3 heterocycles. The molecule has 37 heavy (non-hydrogen) atoms. The van der Waals surface area contributed by atoms with E-state index in [0.717, 1.165) is 17.4 Å². The van der Waals surface area contributed by atoms with Crippen molar-refractivity contribution in [3.63, 3.8) is 0 Å². The van der Waals surface area contributed by atoms with Gasteiger partial charge in [-0.25, -0.2) is 22.5 Å². The molecule has 3 aromatic rings. The van der Waals surface area contributed by atoms with Crippen molar-refractivity contribution in [2.24, 2.45) is 0 Å². The number of amides is 1. The van der Waals surface area contributed by atoms with Crippen LogP contribution in [0.4, 0.5) is 23.7 Å². The summed E-state index contributed by atoms with van der Waals surface area (Å²) in [4.78, 5) is 40.3. The Morgan fingerprint density at radius 3 is 2.49 bits per heavy atom. The maximum atomic E-state index is 14.8. The number of nitrogens with zero attached hydrogens (tertiary/aromatic N) is 6. The fourth-order valence-corrected chi connectivity index (χ4v) is 3.27. The summed E-state index contributed by atoms with van der Waals surface area (Å²) >= 11 is 0. The second-order valence-corrected chi connectivity index (χ2v) is 8.70. The number of anilines is 1. The molecule has 0 bridgehead atoms. The van der Waals surface area contributed by atoms with Gasteiger partial charge >= 0.3 is 13.9 Å². The largest absolute Gasteiger partial charge is 0.466 e. The lowest BCUT2D eigenvalue weighted by atomic mass is 10.1. The molecule has 4 rings (SSSR count). The highest BCUT2D eigenvalue weighted by Gasteiger charge is 2.40. The SMILES string of the molecule is CCCn1nnc(-c2ccc(-c3ccc(N4CC(C(O)C(F)F)OC4=O)cc3F)cn2)n1.O=P(O)(O)O.